The number of nitrogens with one attached hydrogen (secondary N) is 2. The number of urea groups is 1. The molecule has 1 aliphatic rings. The van der Waals surface area contributed by atoms with E-state index in [4.69, 9.17) is 0 Å². The highest BCUT2D eigenvalue weighted by Crippen LogP contribution is 2.17. The molecule has 0 radical (unpaired) electrons. The molecule has 3 amide bonds. The summed E-state index contributed by atoms with van der Waals surface area (Å²) in [4.78, 5) is 26.0. The number of benzene rings is 1. The van der Waals surface area contributed by atoms with E-state index in [1.54, 1.807) is 18.1 Å². The minimum atomic E-state index is -0.172. The zero-order chi connectivity index (χ0) is 20.5. The highest BCUT2D eigenvalue weighted by atomic mass is 16.2. The van der Waals surface area contributed by atoms with Crippen molar-refractivity contribution >= 4 is 11.9 Å². The van der Waals surface area contributed by atoms with Crippen LogP contribution in [0.25, 0.3) is 0 Å². The Morgan fingerprint density at radius 3 is 2.66 bits per heavy atom. The van der Waals surface area contributed by atoms with Crippen LogP contribution >= 0.6 is 0 Å². The van der Waals surface area contributed by atoms with E-state index in [9.17, 15) is 9.59 Å². The van der Waals surface area contributed by atoms with Crippen molar-refractivity contribution in [2.24, 2.45) is 0 Å². The lowest BCUT2D eigenvalue weighted by atomic mass is 9.96. The van der Waals surface area contributed by atoms with Gasteiger partial charge in [-0.05, 0) is 18.4 Å². The van der Waals surface area contributed by atoms with Crippen LogP contribution in [0.1, 0.15) is 49.7 Å². The number of hydrogen-bond acceptors (Lipinski definition) is 3. The second-order valence-corrected chi connectivity index (χ2v) is 7.77. The van der Waals surface area contributed by atoms with Gasteiger partial charge in [-0.1, -0.05) is 49.6 Å². The fourth-order valence-corrected chi connectivity index (χ4v) is 3.66. The van der Waals surface area contributed by atoms with Crippen LogP contribution < -0.4 is 10.6 Å². The molecule has 1 aliphatic carbocycles. The maximum atomic E-state index is 12.3. The number of hydrogen-bond donors (Lipinski definition) is 2. The van der Waals surface area contributed by atoms with E-state index in [2.05, 4.69) is 27.9 Å². The zero-order valence-corrected chi connectivity index (χ0v) is 17.1. The van der Waals surface area contributed by atoms with Gasteiger partial charge in [0.05, 0.1) is 12.7 Å². The van der Waals surface area contributed by atoms with Crippen LogP contribution in [0.15, 0.2) is 42.7 Å². The first-order valence-corrected chi connectivity index (χ1v) is 10.4. The van der Waals surface area contributed by atoms with E-state index in [1.165, 1.54) is 24.8 Å². The van der Waals surface area contributed by atoms with E-state index in [0.717, 1.165) is 18.4 Å². The number of carbonyl (C=O) groups excluding carboxylic acids is 2. The van der Waals surface area contributed by atoms with Gasteiger partial charge in [-0.2, -0.15) is 5.10 Å². The van der Waals surface area contributed by atoms with Crippen molar-refractivity contribution in [1.29, 1.82) is 0 Å². The maximum absolute atomic E-state index is 12.3. The molecular weight excluding hydrogens is 366 g/mol. The Morgan fingerprint density at radius 2 is 1.90 bits per heavy atom. The van der Waals surface area contributed by atoms with E-state index in [1.807, 2.05) is 29.1 Å². The van der Waals surface area contributed by atoms with Crippen molar-refractivity contribution in [3.63, 3.8) is 0 Å². The van der Waals surface area contributed by atoms with Crippen LogP contribution in [0.2, 0.25) is 0 Å². The topological polar surface area (TPSA) is 79.3 Å². The van der Waals surface area contributed by atoms with Gasteiger partial charge in [0.25, 0.3) is 0 Å². The van der Waals surface area contributed by atoms with Crippen LogP contribution in [0.3, 0.4) is 0 Å². The summed E-state index contributed by atoms with van der Waals surface area (Å²) in [7, 11) is 1.78. The summed E-state index contributed by atoms with van der Waals surface area (Å²) >= 11 is 0. The van der Waals surface area contributed by atoms with Crippen LogP contribution in [-0.4, -0.2) is 46.3 Å². The quantitative estimate of drug-likeness (QED) is 0.719. The van der Waals surface area contributed by atoms with Crippen LogP contribution in [-0.2, 0) is 17.9 Å². The first kappa shape index (κ1) is 20.9. The highest BCUT2D eigenvalue weighted by Gasteiger charge is 2.16. The van der Waals surface area contributed by atoms with Crippen LogP contribution in [0.5, 0.6) is 0 Å². The standard InChI is InChI=1S/C22H31N5O2/c1-26(15-19-14-24-27(17-19)16-18-8-4-2-5-9-18)21(28)12-13-23-22(29)25-20-10-6-3-7-11-20/h2,4-5,8-9,14,17,20H,3,6-7,10-13,15-16H2,1H3,(H2,23,25,29). The molecule has 156 valence electrons. The Labute approximate surface area is 172 Å². The van der Waals surface area contributed by atoms with Gasteiger partial charge in [0.2, 0.25) is 5.91 Å². The summed E-state index contributed by atoms with van der Waals surface area (Å²) < 4.78 is 1.88. The van der Waals surface area contributed by atoms with Gasteiger partial charge in [-0.15, -0.1) is 0 Å². The number of aromatic nitrogens is 2. The number of rotatable bonds is 8. The predicted molar refractivity (Wildman–Crippen MR) is 112 cm³/mol. The fourth-order valence-electron chi connectivity index (χ4n) is 3.66. The summed E-state index contributed by atoms with van der Waals surface area (Å²) in [6.45, 7) is 1.55. The Morgan fingerprint density at radius 1 is 1.14 bits per heavy atom. The Bertz CT molecular complexity index is 784. The smallest absolute Gasteiger partial charge is 0.315 e. The van der Waals surface area contributed by atoms with Gasteiger partial charge < -0.3 is 15.5 Å². The van der Waals surface area contributed by atoms with Gasteiger partial charge in [0.15, 0.2) is 0 Å². The highest BCUT2D eigenvalue weighted by molar-refractivity contribution is 5.78. The molecule has 0 saturated heterocycles. The molecule has 1 aromatic carbocycles. The van der Waals surface area contributed by atoms with E-state index >= 15 is 0 Å². The second kappa shape index (κ2) is 10.6. The van der Waals surface area contributed by atoms with Crippen molar-refractivity contribution in [2.45, 2.75) is 57.7 Å². The third-order valence-corrected chi connectivity index (χ3v) is 5.28. The summed E-state index contributed by atoms with van der Waals surface area (Å²) in [5.74, 6) is -0.00113. The fraction of sp³-hybridized carbons (Fsp3) is 0.500. The molecule has 0 unspecified atom stereocenters. The van der Waals surface area contributed by atoms with Crippen molar-refractivity contribution < 1.29 is 9.59 Å². The largest absolute Gasteiger partial charge is 0.341 e. The molecule has 2 N–H and O–H groups in total. The first-order valence-electron chi connectivity index (χ1n) is 10.4. The van der Waals surface area contributed by atoms with E-state index in [0.29, 0.717) is 19.6 Å². The lowest BCUT2D eigenvalue weighted by Gasteiger charge is -2.23. The monoisotopic (exact) mass is 397 g/mol. The van der Waals surface area contributed by atoms with E-state index < -0.39 is 0 Å². The van der Waals surface area contributed by atoms with Gasteiger partial charge in [-0.25, -0.2) is 4.79 Å². The first-order chi connectivity index (χ1) is 14.1. The lowest BCUT2D eigenvalue weighted by molar-refractivity contribution is -0.130. The Balaban J connectivity index is 1.36. The second-order valence-electron chi connectivity index (χ2n) is 7.77. The summed E-state index contributed by atoms with van der Waals surface area (Å²) in [5.41, 5.74) is 2.17. The molecule has 7 nitrogen and oxygen atoms in total. The minimum Gasteiger partial charge on any atom is -0.341 e. The average Bonchev–Trinajstić information content (AvgIpc) is 3.16. The molecule has 3 rings (SSSR count). The molecule has 29 heavy (non-hydrogen) atoms. The average molecular weight is 398 g/mol. The van der Waals surface area contributed by atoms with Crippen molar-refractivity contribution in [3.8, 4) is 0 Å². The summed E-state index contributed by atoms with van der Waals surface area (Å²) in [6.07, 6.45) is 9.75. The molecular formula is C22H31N5O2. The normalized spacial score (nSPS) is 14.4. The van der Waals surface area contributed by atoms with E-state index in [-0.39, 0.29) is 24.4 Å². The molecule has 2 aromatic rings. The number of carbonyl (C=O) groups is 2. The molecule has 0 aliphatic heterocycles. The predicted octanol–water partition coefficient (Wildman–Crippen LogP) is 2.91. The van der Waals surface area contributed by atoms with Gasteiger partial charge in [-0.3, -0.25) is 9.48 Å². The van der Waals surface area contributed by atoms with Crippen LogP contribution in [0.4, 0.5) is 4.79 Å². The molecule has 1 saturated carbocycles. The van der Waals surface area contributed by atoms with Crippen molar-refractivity contribution in [3.05, 3.63) is 53.9 Å². The van der Waals surface area contributed by atoms with Gasteiger partial charge in [0, 0.05) is 44.4 Å². The molecule has 0 spiro atoms. The SMILES string of the molecule is CN(Cc1cnn(Cc2ccccc2)c1)C(=O)CCNC(=O)NC1CCCCC1. The molecule has 1 fully saturated rings. The van der Waals surface area contributed by atoms with Gasteiger partial charge >= 0.3 is 6.03 Å². The number of amides is 3. The third-order valence-electron chi connectivity index (χ3n) is 5.28. The minimum absolute atomic E-state index is 0.00113. The number of nitrogens with zero attached hydrogens (tertiary/aromatic N) is 3. The molecule has 0 bridgehead atoms. The Kier molecular flexibility index (Phi) is 7.67. The summed E-state index contributed by atoms with van der Waals surface area (Å²) in [5, 5.41) is 10.2. The molecule has 1 heterocycles. The summed E-state index contributed by atoms with van der Waals surface area (Å²) in [6, 6.07) is 10.2. The Hall–Kier alpha value is -2.83. The third kappa shape index (κ3) is 6.93. The molecule has 7 heteroatoms. The molecule has 0 atom stereocenters. The van der Waals surface area contributed by atoms with Crippen molar-refractivity contribution in [1.82, 2.24) is 25.3 Å². The zero-order valence-electron chi connectivity index (χ0n) is 17.1. The lowest BCUT2D eigenvalue weighted by Crippen LogP contribution is -2.43. The van der Waals surface area contributed by atoms with Crippen molar-refractivity contribution in [2.75, 3.05) is 13.6 Å². The van der Waals surface area contributed by atoms with Crippen LogP contribution in [0, 0.1) is 0 Å². The van der Waals surface area contributed by atoms with Gasteiger partial charge in [0.1, 0.15) is 0 Å². The molecule has 1 aromatic heterocycles. The maximum Gasteiger partial charge on any atom is 0.315 e.